The molecule has 2 N–H and O–H groups in total. The van der Waals surface area contributed by atoms with E-state index in [9.17, 15) is 9.59 Å². The first-order chi connectivity index (χ1) is 25.8. The van der Waals surface area contributed by atoms with Crippen LogP contribution in [0.3, 0.4) is 0 Å². The fourth-order valence-electron chi connectivity index (χ4n) is 7.09. The van der Waals surface area contributed by atoms with Crippen LogP contribution >= 0.6 is 0 Å². The number of rotatable bonds is 12. The summed E-state index contributed by atoms with van der Waals surface area (Å²) in [6.45, 7) is 8.17. The smallest absolute Gasteiger partial charge is 0.255 e. The van der Waals surface area contributed by atoms with E-state index in [0.717, 1.165) is 24.0 Å². The fraction of sp³-hybridized carbons (Fsp3) is 0.191. The lowest BCUT2D eigenvalue weighted by Gasteiger charge is -2.34. The molecule has 0 aromatic heterocycles. The lowest BCUT2D eigenvalue weighted by Crippen LogP contribution is -2.28. The number of benzene rings is 6. The second kappa shape index (κ2) is 15.2. The zero-order chi connectivity index (χ0) is 37.0. The number of amides is 2. The fourth-order valence-corrected chi connectivity index (χ4v) is 7.09. The molecule has 6 aromatic rings. The molecular formula is C47H44N2O4. The first-order valence-corrected chi connectivity index (χ1v) is 18.4. The molecule has 0 heterocycles. The molecule has 2 atom stereocenters. The van der Waals surface area contributed by atoms with Gasteiger partial charge >= 0.3 is 0 Å². The van der Waals surface area contributed by atoms with Gasteiger partial charge in [-0.05, 0) is 121 Å². The standard InChI is InChI=1S/C47H44N2O4/c1-5-31(3)52-39-15-11-13-33(29-39)45(50)48-37-25-21-35(22-26-37)47(43-19-9-7-17-41(43)42-18-8-10-20-44(42)47)36-23-27-38(28-24-36)49-46(51)34-14-12-16-40(30-34)53-32(4)6-2/h7-32H,5-6H2,1-4H3,(H,48,50)(H,49,51). The molecule has 7 rings (SSSR count). The minimum Gasteiger partial charge on any atom is -0.491 e. The third kappa shape index (κ3) is 7.05. The third-order valence-corrected chi connectivity index (χ3v) is 10.1. The molecule has 0 fully saturated rings. The minimum atomic E-state index is -0.637. The second-order valence-corrected chi connectivity index (χ2v) is 13.6. The van der Waals surface area contributed by atoms with Crippen LogP contribution in [0.4, 0.5) is 11.4 Å². The van der Waals surface area contributed by atoms with Crippen LogP contribution in [0.25, 0.3) is 11.1 Å². The summed E-state index contributed by atoms with van der Waals surface area (Å²) in [4.78, 5) is 26.7. The van der Waals surface area contributed by atoms with Crippen LogP contribution in [-0.2, 0) is 5.41 Å². The van der Waals surface area contributed by atoms with Gasteiger partial charge in [-0.25, -0.2) is 0 Å². The molecule has 0 radical (unpaired) electrons. The normalized spacial score (nSPS) is 13.6. The Balaban J connectivity index is 1.20. The summed E-state index contributed by atoms with van der Waals surface area (Å²) in [5.41, 5.74) is 8.64. The molecule has 0 spiro atoms. The van der Waals surface area contributed by atoms with Crippen LogP contribution < -0.4 is 20.1 Å². The van der Waals surface area contributed by atoms with Gasteiger partial charge in [-0.3, -0.25) is 9.59 Å². The third-order valence-electron chi connectivity index (χ3n) is 10.1. The number of hydrogen-bond donors (Lipinski definition) is 2. The predicted molar refractivity (Wildman–Crippen MR) is 213 cm³/mol. The van der Waals surface area contributed by atoms with Crippen LogP contribution in [0, 0.1) is 0 Å². The van der Waals surface area contributed by atoms with Crippen molar-refractivity contribution in [2.75, 3.05) is 10.6 Å². The average Bonchev–Trinajstić information content (AvgIpc) is 3.49. The number of carbonyl (C=O) groups excluding carboxylic acids is 2. The number of fused-ring (bicyclic) bond motifs is 3. The Hall–Kier alpha value is -6.14. The summed E-state index contributed by atoms with van der Waals surface area (Å²) < 4.78 is 11.9. The van der Waals surface area contributed by atoms with E-state index >= 15 is 0 Å². The van der Waals surface area contributed by atoms with Crippen molar-refractivity contribution < 1.29 is 19.1 Å². The summed E-state index contributed by atoms with van der Waals surface area (Å²) in [5, 5.41) is 6.15. The molecule has 1 aliphatic rings. The lowest BCUT2D eigenvalue weighted by atomic mass is 9.67. The summed E-state index contributed by atoms with van der Waals surface area (Å²) in [6, 6.07) is 47.9. The van der Waals surface area contributed by atoms with Crippen molar-refractivity contribution in [3.63, 3.8) is 0 Å². The van der Waals surface area contributed by atoms with Crippen molar-refractivity contribution in [2.45, 2.75) is 58.2 Å². The van der Waals surface area contributed by atoms with Crippen molar-refractivity contribution in [3.05, 3.63) is 179 Å². The first kappa shape index (κ1) is 35.3. The molecular weight excluding hydrogens is 657 g/mol. The van der Waals surface area contributed by atoms with Crippen LogP contribution in [0.15, 0.2) is 146 Å². The molecule has 6 aromatic carbocycles. The van der Waals surface area contributed by atoms with E-state index in [0.29, 0.717) is 34.0 Å². The first-order valence-electron chi connectivity index (χ1n) is 18.4. The van der Waals surface area contributed by atoms with Crippen LogP contribution in [0.1, 0.15) is 83.5 Å². The topological polar surface area (TPSA) is 76.7 Å². The van der Waals surface area contributed by atoms with Gasteiger partial charge in [0, 0.05) is 22.5 Å². The van der Waals surface area contributed by atoms with E-state index in [1.165, 1.54) is 22.3 Å². The van der Waals surface area contributed by atoms with Gasteiger partial charge in [0.25, 0.3) is 11.8 Å². The monoisotopic (exact) mass is 700 g/mol. The molecule has 0 saturated heterocycles. The molecule has 53 heavy (non-hydrogen) atoms. The number of hydrogen-bond acceptors (Lipinski definition) is 4. The number of nitrogens with one attached hydrogen (secondary N) is 2. The SMILES string of the molecule is CCC(C)Oc1cccc(C(=O)Nc2ccc(C3(c4ccc(NC(=O)c5cccc(OC(C)CC)c5)cc4)c4ccccc4-c4ccccc43)cc2)c1. The van der Waals surface area contributed by atoms with Crippen LogP contribution in [0.2, 0.25) is 0 Å². The number of anilines is 2. The Morgan fingerprint density at radius 1 is 0.528 bits per heavy atom. The maximum atomic E-state index is 13.3. The highest BCUT2D eigenvalue weighted by atomic mass is 16.5. The van der Waals surface area contributed by atoms with E-state index in [4.69, 9.17) is 9.47 Å². The second-order valence-electron chi connectivity index (χ2n) is 13.6. The van der Waals surface area contributed by atoms with Gasteiger partial charge in [0.2, 0.25) is 0 Å². The summed E-state index contributed by atoms with van der Waals surface area (Å²) >= 11 is 0. The van der Waals surface area contributed by atoms with Crippen LogP contribution in [0.5, 0.6) is 11.5 Å². The highest BCUT2D eigenvalue weighted by molar-refractivity contribution is 6.05. The quantitative estimate of drug-likeness (QED) is 0.133. The predicted octanol–water partition coefficient (Wildman–Crippen LogP) is 10.9. The highest BCUT2D eigenvalue weighted by Gasteiger charge is 2.45. The number of carbonyl (C=O) groups is 2. The Morgan fingerprint density at radius 2 is 0.925 bits per heavy atom. The largest absolute Gasteiger partial charge is 0.491 e. The lowest BCUT2D eigenvalue weighted by molar-refractivity contribution is 0.101. The van der Waals surface area contributed by atoms with Crippen molar-refractivity contribution >= 4 is 23.2 Å². The number of ether oxygens (including phenoxy) is 2. The molecule has 266 valence electrons. The van der Waals surface area contributed by atoms with E-state index in [1.807, 2.05) is 62.4 Å². The highest BCUT2D eigenvalue weighted by Crippen LogP contribution is 2.56. The summed E-state index contributed by atoms with van der Waals surface area (Å²) in [7, 11) is 0. The molecule has 0 bridgehead atoms. The van der Waals surface area contributed by atoms with E-state index in [2.05, 4.69) is 97.3 Å². The Morgan fingerprint density at radius 3 is 1.32 bits per heavy atom. The van der Waals surface area contributed by atoms with Crippen molar-refractivity contribution in [3.8, 4) is 22.6 Å². The van der Waals surface area contributed by atoms with Gasteiger partial charge in [0.15, 0.2) is 0 Å². The Bertz CT molecular complexity index is 2080. The average molecular weight is 701 g/mol. The zero-order valence-electron chi connectivity index (χ0n) is 30.6. The summed E-state index contributed by atoms with van der Waals surface area (Å²) in [6.07, 6.45) is 1.88. The van der Waals surface area contributed by atoms with Crippen molar-refractivity contribution in [2.24, 2.45) is 0 Å². The molecule has 6 nitrogen and oxygen atoms in total. The molecule has 0 aliphatic heterocycles. The van der Waals surface area contributed by atoms with E-state index in [1.54, 1.807) is 24.3 Å². The van der Waals surface area contributed by atoms with Gasteiger partial charge in [0.1, 0.15) is 11.5 Å². The van der Waals surface area contributed by atoms with Gasteiger partial charge < -0.3 is 20.1 Å². The summed E-state index contributed by atoms with van der Waals surface area (Å²) in [5.74, 6) is 0.945. The van der Waals surface area contributed by atoms with E-state index < -0.39 is 5.41 Å². The Labute approximate surface area is 311 Å². The van der Waals surface area contributed by atoms with Crippen LogP contribution in [-0.4, -0.2) is 24.0 Å². The molecule has 6 heteroatoms. The minimum absolute atomic E-state index is 0.0616. The van der Waals surface area contributed by atoms with Crippen molar-refractivity contribution in [1.82, 2.24) is 0 Å². The van der Waals surface area contributed by atoms with Gasteiger partial charge in [-0.2, -0.15) is 0 Å². The molecule has 2 unspecified atom stereocenters. The molecule has 0 saturated carbocycles. The molecule has 1 aliphatic carbocycles. The van der Waals surface area contributed by atoms with Gasteiger partial charge in [-0.15, -0.1) is 0 Å². The van der Waals surface area contributed by atoms with Gasteiger partial charge in [0.05, 0.1) is 17.6 Å². The van der Waals surface area contributed by atoms with Gasteiger partial charge in [-0.1, -0.05) is 98.8 Å². The van der Waals surface area contributed by atoms with Crippen molar-refractivity contribution in [1.29, 1.82) is 0 Å². The maximum absolute atomic E-state index is 13.3. The maximum Gasteiger partial charge on any atom is 0.255 e. The molecule has 2 amide bonds. The van der Waals surface area contributed by atoms with E-state index in [-0.39, 0.29) is 24.0 Å². The zero-order valence-corrected chi connectivity index (χ0v) is 30.6. The Kier molecular flexibility index (Phi) is 10.1.